The minimum atomic E-state index is -1.15. The number of amides is 1. The zero-order chi connectivity index (χ0) is 22.4. The topological polar surface area (TPSA) is 70.5 Å². The van der Waals surface area contributed by atoms with Gasteiger partial charge in [0, 0.05) is 15.6 Å². The molecule has 2 heterocycles. The number of aliphatic hydroxyl groups excluding tert-OH is 1. The lowest BCUT2D eigenvalue weighted by atomic mass is 9.95. The van der Waals surface area contributed by atoms with Crippen LogP contribution < -0.4 is 4.90 Å². The first-order valence-electron chi connectivity index (χ1n) is 9.62. The van der Waals surface area contributed by atoms with Crippen LogP contribution in [0.15, 0.2) is 82.8 Å². The van der Waals surface area contributed by atoms with Gasteiger partial charge in [0.05, 0.1) is 15.8 Å². The first-order chi connectivity index (χ1) is 15.5. The largest absolute Gasteiger partial charge is 0.507 e. The fourth-order valence-electron chi connectivity index (χ4n) is 3.76. The van der Waals surface area contributed by atoms with Crippen molar-refractivity contribution >= 4 is 60.1 Å². The number of carbonyl (C=O) groups excluding carboxylic acids is 2. The Kier molecular flexibility index (Phi) is 5.11. The van der Waals surface area contributed by atoms with Crippen LogP contribution >= 0.6 is 27.3 Å². The quantitative estimate of drug-likeness (QED) is 0.215. The Bertz CT molecular complexity index is 1420. The van der Waals surface area contributed by atoms with Gasteiger partial charge in [-0.3, -0.25) is 14.5 Å². The van der Waals surface area contributed by atoms with Gasteiger partial charge in [0.15, 0.2) is 5.13 Å². The van der Waals surface area contributed by atoms with E-state index in [0.717, 1.165) is 9.17 Å². The number of hydrogen-bond acceptors (Lipinski definition) is 5. The Balaban J connectivity index is 1.76. The summed E-state index contributed by atoms with van der Waals surface area (Å²) in [5, 5.41) is 11.3. The van der Waals surface area contributed by atoms with E-state index in [4.69, 9.17) is 0 Å². The second-order valence-electron chi connectivity index (χ2n) is 7.17. The molecule has 0 saturated carbocycles. The highest BCUT2D eigenvalue weighted by Gasteiger charge is 2.49. The van der Waals surface area contributed by atoms with Crippen molar-refractivity contribution in [1.29, 1.82) is 0 Å². The summed E-state index contributed by atoms with van der Waals surface area (Å²) < 4.78 is 16.5. The number of halogens is 2. The van der Waals surface area contributed by atoms with Gasteiger partial charge >= 0.3 is 5.91 Å². The molecule has 1 N–H and O–H groups in total. The van der Waals surface area contributed by atoms with Gasteiger partial charge in [-0.25, -0.2) is 9.37 Å². The van der Waals surface area contributed by atoms with Crippen LogP contribution in [0.5, 0.6) is 0 Å². The summed E-state index contributed by atoms with van der Waals surface area (Å²) in [6, 6.07) is 18.6. The van der Waals surface area contributed by atoms with E-state index in [2.05, 4.69) is 20.9 Å². The first-order valence-corrected chi connectivity index (χ1v) is 11.2. The molecule has 1 atom stereocenters. The van der Waals surface area contributed by atoms with Gasteiger partial charge in [-0.15, -0.1) is 0 Å². The number of benzene rings is 3. The van der Waals surface area contributed by atoms with Crippen molar-refractivity contribution < 1.29 is 19.1 Å². The third kappa shape index (κ3) is 3.32. The van der Waals surface area contributed by atoms with Crippen LogP contribution in [0.1, 0.15) is 17.2 Å². The highest BCUT2D eigenvalue weighted by Crippen LogP contribution is 2.45. The summed E-state index contributed by atoms with van der Waals surface area (Å²) in [6.45, 7) is 0. The van der Waals surface area contributed by atoms with Gasteiger partial charge in [0.1, 0.15) is 17.6 Å². The van der Waals surface area contributed by atoms with Crippen molar-refractivity contribution in [3.8, 4) is 0 Å². The van der Waals surface area contributed by atoms with Crippen LogP contribution in [0, 0.1) is 5.82 Å². The van der Waals surface area contributed by atoms with E-state index < -0.39 is 23.5 Å². The van der Waals surface area contributed by atoms with Crippen LogP contribution in [0.25, 0.3) is 16.0 Å². The van der Waals surface area contributed by atoms with Gasteiger partial charge in [-0.1, -0.05) is 75.8 Å². The Morgan fingerprint density at radius 1 is 1.03 bits per heavy atom. The van der Waals surface area contributed by atoms with Crippen LogP contribution in [0.4, 0.5) is 9.52 Å². The molecule has 0 radical (unpaired) electrons. The number of ketones is 1. The fourth-order valence-corrected chi connectivity index (χ4v) is 5.31. The molecule has 1 fully saturated rings. The molecule has 1 aliphatic heterocycles. The number of thiazole rings is 1. The van der Waals surface area contributed by atoms with Gasteiger partial charge in [-0.2, -0.15) is 0 Å². The van der Waals surface area contributed by atoms with E-state index in [0.29, 0.717) is 11.1 Å². The number of rotatable bonds is 3. The van der Waals surface area contributed by atoms with E-state index in [9.17, 15) is 19.1 Å². The molecule has 1 saturated heterocycles. The predicted octanol–water partition coefficient (Wildman–Crippen LogP) is 5.82. The molecule has 3 aromatic carbocycles. The monoisotopic (exact) mass is 508 g/mol. The molecular weight excluding hydrogens is 495 g/mol. The van der Waals surface area contributed by atoms with Crippen LogP contribution in [0.3, 0.4) is 0 Å². The standard InChI is InChI=1S/C24H14BrFN2O3S/c25-14-10-11-17-18(12-14)32-24(27-17)28-20(15-8-4-5-9-16(15)26)19(22(30)23(28)31)21(29)13-6-2-1-3-7-13/h1-12,20,29H/b21-19+/t20-/m0/s1. The van der Waals surface area contributed by atoms with Crippen LogP contribution in [-0.2, 0) is 9.59 Å². The molecule has 1 amide bonds. The molecule has 1 aliphatic rings. The molecule has 32 heavy (non-hydrogen) atoms. The van der Waals surface area contributed by atoms with Crippen molar-refractivity contribution in [3.63, 3.8) is 0 Å². The Morgan fingerprint density at radius 3 is 2.50 bits per heavy atom. The third-order valence-electron chi connectivity index (χ3n) is 5.24. The van der Waals surface area contributed by atoms with Gasteiger partial charge in [-0.05, 0) is 24.3 Å². The zero-order valence-electron chi connectivity index (χ0n) is 16.3. The van der Waals surface area contributed by atoms with Gasteiger partial charge < -0.3 is 5.11 Å². The van der Waals surface area contributed by atoms with E-state index >= 15 is 0 Å². The smallest absolute Gasteiger partial charge is 0.301 e. The zero-order valence-corrected chi connectivity index (χ0v) is 18.7. The van der Waals surface area contributed by atoms with Crippen molar-refractivity contribution in [2.45, 2.75) is 6.04 Å². The van der Waals surface area contributed by atoms with Crippen molar-refractivity contribution in [3.05, 3.63) is 99.8 Å². The summed E-state index contributed by atoms with van der Waals surface area (Å²) in [4.78, 5) is 32.0. The number of fused-ring (bicyclic) bond motifs is 1. The summed E-state index contributed by atoms with van der Waals surface area (Å²) in [7, 11) is 0. The Labute approximate surface area is 194 Å². The SMILES string of the molecule is O=C1C(=O)N(c2nc3ccc(Br)cc3s2)[C@@H](c2ccccc2F)/C1=C(\O)c1ccccc1. The van der Waals surface area contributed by atoms with Crippen molar-refractivity contribution in [2.24, 2.45) is 0 Å². The average molecular weight is 509 g/mol. The number of carbonyl (C=O) groups is 2. The molecule has 5 rings (SSSR count). The second-order valence-corrected chi connectivity index (χ2v) is 9.09. The Morgan fingerprint density at radius 2 is 1.75 bits per heavy atom. The molecule has 158 valence electrons. The van der Waals surface area contributed by atoms with E-state index in [1.165, 1.54) is 34.4 Å². The van der Waals surface area contributed by atoms with Gasteiger partial charge in [0.2, 0.25) is 0 Å². The lowest BCUT2D eigenvalue weighted by Gasteiger charge is -2.23. The van der Waals surface area contributed by atoms with E-state index in [1.807, 2.05) is 12.1 Å². The number of anilines is 1. The number of Topliss-reactive ketones (excluding diaryl/α,β-unsaturated/α-hetero) is 1. The maximum atomic E-state index is 14.9. The number of aromatic nitrogens is 1. The maximum Gasteiger partial charge on any atom is 0.301 e. The molecule has 4 aromatic rings. The number of nitrogens with zero attached hydrogens (tertiary/aromatic N) is 2. The predicted molar refractivity (Wildman–Crippen MR) is 125 cm³/mol. The van der Waals surface area contributed by atoms with Crippen LogP contribution in [-0.4, -0.2) is 21.8 Å². The number of hydrogen-bond donors (Lipinski definition) is 1. The minimum absolute atomic E-state index is 0.101. The minimum Gasteiger partial charge on any atom is -0.507 e. The maximum absolute atomic E-state index is 14.9. The highest BCUT2D eigenvalue weighted by atomic mass is 79.9. The lowest BCUT2D eigenvalue weighted by molar-refractivity contribution is -0.132. The summed E-state index contributed by atoms with van der Waals surface area (Å²) in [5.74, 6) is -2.70. The average Bonchev–Trinajstić information content (AvgIpc) is 3.32. The van der Waals surface area contributed by atoms with Crippen molar-refractivity contribution in [2.75, 3.05) is 4.90 Å². The molecule has 5 nitrogen and oxygen atoms in total. The van der Waals surface area contributed by atoms with E-state index in [-0.39, 0.29) is 22.0 Å². The Hall–Kier alpha value is -3.36. The highest BCUT2D eigenvalue weighted by molar-refractivity contribution is 9.10. The molecule has 0 spiro atoms. The van der Waals surface area contributed by atoms with E-state index in [1.54, 1.807) is 42.5 Å². The fraction of sp³-hybridized carbons (Fsp3) is 0.0417. The molecule has 1 aromatic heterocycles. The molecule has 0 bridgehead atoms. The van der Waals surface area contributed by atoms with Crippen molar-refractivity contribution in [1.82, 2.24) is 4.98 Å². The third-order valence-corrected chi connectivity index (χ3v) is 6.75. The molecule has 0 unspecified atom stereocenters. The summed E-state index contributed by atoms with van der Waals surface area (Å²) in [5.41, 5.74) is 0.932. The summed E-state index contributed by atoms with van der Waals surface area (Å²) in [6.07, 6.45) is 0. The number of aliphatic hydroxyl groups is 1. The normalized spacial score (nSPS) is 17.9. The lowest BCUT2D eigenvalue weighted by Crippen LogP contribution is -2.29. The van der Waals surface area contributed by atoms with Gasteiger partial charge in [0.25, 0.3) is 5.78 Å². The van der Waals surface area contributed by atoms with Crippen LogP contribution in [0.2, 0.25) is 0 Å². The molecule has 8 heteroatoms. The molecular formula is C24H14BrFN2O3S. The second kappa shape index (κ2) is 7.96. The molecule has 0 aliphatic carbocycles. The first kappa shape index (κ1) is 20.5. The summed E-state index contributed by atoms with van der Waals surface area (Å²) >= 11 is 4.63.